The van der Waals surface area contributed by atoms with Crippen molar-refractivity contribution < 1.29 is 0 Å². The molecule has 21 heavy (non-hydrogen) atoms. The summed E-state index contributed by atoms with van der Waals surface area (Å²) in [4.78, 5) is 5.06. The zero-order chi connectivity index (χ0) is 14.8. The molecule has 112 valence electrons. The first-order chi connectivity index (χ1) is 10.2. The molecule has 0 bridgehead atoms. The van der Waals surface area contributed by atoms with Crippen LogP contribution < -0.4 is 5.32 Å². The second-order valence-electron chi connectivity index (χ2n) is 6.32. The molecule has 0 radical (unpaired) electrons. The van der Waals surface area contributed by atoms with E-state index in [4.69, 9.17) is 4.98 Å². The van der Waals surface area contributed by atoms with Gasteiger partial charge in [-0.2, -0.15) is 0 Å². The van der Waals surface area contributed by atoms with Gasteiger partial charge in [0.05, 0.1) is 5.52 Å². The lowest BCUT2D eigenvalue weighted by Crippen LogP contribution is -2.09. The third kappa shape index (κ3) is 2.64. The van der Waals surface area contributed by atoms with Crippen molar-refractivity contribution in [2.24, 2.45) is 0 Å². The number of aromatic nitrogens is 1. The second kappa shape index (κ2) is 6.05. The first-order valence-corrected chi connectivity index (χ1v) is 8.38. The molecule has 1 N–H and O–H groups in total. The Morgan fingerprint density at radius 3 is 2.62 bits per heavy atom. The van der Waals surface area contributed by atoms with Crippen LogP contribution in [0.5, 0.6) is 0 Å². The van der Waals surface area contributed by atoms with E-state index in [1.807, 2.05) is 0 Å². The molecular weight excluding hydrogens is 256 g/mol. The van der Waals surface area contributed by atoms with Crippen LogP contribution in [0.2, 0.25) is 0 Å². The average Bonchev–Trinajstić information content (AvgIpc) is 2.73. The highest BCUT2D eigenvalue weighted by molar-refractivity contribution is 5.97. The third-order valence-corrected chi connectivity index (χ3v) is 4.63. The van der Waals surface area contributed by atoms with E-state index in [0.29, 0.717) is 0 Å². The van der Waals surface area contributed by atoms with Crippen LogP contribution >= 0.6 is 0 Å². The SMILES string of the molecule is CCCNc1c2c(nc3c(C)ccc(C)c13)CCCCC2. The number of rotatable bonds is 3. The lowest BCUT2D eigenvalue weighted by atomic mass is 9.97. The van der Waals surface area contributed by atoms with Gasteiger partial charge in [0.1, 0.15) is 0 Å². The molecule has 1 aromatic heterocycles. The van der Waals surface area contributed by atoms with Gasteiger partial charge in [-0.1, -0.05) is 25.5 Å². The van der Waals surface area contributed by atoms with E-state index in [9.17, 15) is 0 Å². The summed E-state index contributed by atoms with van der Waals surface area (Å²) in [5.41, 5.74) is 8.04. The van der Waals surface area contributed by atoms with Gasteiger partial charge in [0.25, 0.3) is 0 Å². The Morgan fingerprint density at radius 2 is 1.81 bits per heavy atom. The molecule has 2 nitrogen and oxygen atoms in total. The summed E-state index contributed by atoms with van der Waals surface area (Å²) >= 11 is 0. The Bertz CT molecular complexity index is 658. The lowest BCUT2D eigenvalue weighted by molar-refractivity contribution is 0.709. The van der Waals surface area contributed by atoms with Gasteiger partial charge in [-0.3, -0.25) is 4.98 Å². The summed E-state index contributed by atoms with van der Waals surface area (Å²) in [5.74, 6) is 0. The highest BCUT2D eigenvalue weighted by Gasteiger charge is 2.18. The van der Waals surface area contributed by atoms with E-state index in [2.05, 4.69) is 38.2 Å². The van der Waals surface area contributed by atoms with E-state index >= 15 is 0 Å². The molecule has 1 aromatic carbocycles. The number of hydrogen-bond donors (Lipinski definition) is 1. The average molecular weight is 282 g/mol. The van der Waals surface area contributed by atoms with Gasteiger partial charge in [0.15, 0.2) is 0 Å². The van der Waals surface area contributed by atoms with E-state index in [1.165, 1.54) is 64.7 Å². The largest absolute Gasteiger partial charge is 0.384 e. The molecule has 0 atom stereocenters. The van der Waals surface area contributed by atoms with Gasteiger partial charge >= 0.3 is 0 Å². The number of nitrogens with one attached hydrogen (secondary N) is 1. The van der Waals surface area contributed by atoms with Crippen LogP contribution in [0.25, 0.3) is 10.9 Å². The zero-order valence-corrected chi connectivity index (χ0v) is 13.6. The highest BCUT2D eigenvalue weighted by Crippen LogP contribution is 2.35. The van der Waals surface area contributed by atoms with Gasteiger partial charge < -0.3 is 5.32 Å². The van der Waals surface area contributed by atoms with Crippen LogP contribution in [0.1, 0.15) is 55.0 Å². The molecule has 1 aliphatic carbocycles. The van der Waals surface area contributed by atoms with Gasteiger partial charge in [-0.25, -0.2) is 0 Å². The Morgan fingerprint density at radius 1 is 1.05 bits per heavy atom. The van der Waals surface area contributed by atoms with E-state index in [1.54, 1.807) is 0 Å². The van der Waals surface area contributed by atoms with Gasteiger partial charge in [-0.05, 0) is 62.6 Å². The number of hydrogen-bond acceptors (Lipinski definition) is 2. The quantitative estimate of drug-likeness (QED) is 0.806. The molecule has 0 saturated carbocycles. The zero-order valence-electron chi connectivity index (χ0n) is 13.6. The smallest absolute Gasteiger partial charge is 0.0758 e. The normalized spacial score (nSPS) is 14.8. The minimum absolute atomic E-state index is 1.04. The molecule has 0 amide bonds. The van der Waals surface area contributed by atoms with E-state index in [-0.39, 0.29) is 0 Å². The van der Waals surface area contributed by atoms with E-state index in [0.717, 1.165) is 19.4 Å². The Kier molecular flexibility index (Phi) is 4.14. The Labute approximate surface area is 128 Å². The van der Waals surface area contributed by atoms with Crippen LogP contribution in [0.15, 0.2) is 12.1 Å². The first-order valence-electron chi connectivity index (χ1n) is 8.38. The molecule has 2 heteroatoms. The minimum Gasteiger partial charge on any atom is -0.384 e. The number of aryl methyl sites for hydroxylation is 3. The first kappa shape index (κ1) is 14.4. The summed E-state index contributed by atoms with van der Waals surface area (Å²) in [7, 11) is 0. The minimum atomic E-state index is 1.04. The maximum absolute atomic E-state index is 5.06. The molecule has 0 spiro atoms. The molecule has 1 aliphatic rings. The van der Waals surface area contributed by atoms with Crippen molar-refractivity contribution in [3.63, 3.8) is 0 Å². The highest BCUT2D eigenvalue weighted by atomic mass is 14.9. The van der Waals surface area contributed by atoms with Crippen LogP contribution in [0, 0.1) is 13.8 Å². The fourth-order valence-electron chi connectivity index (χ4n) is 3.45. The van der Waals surface area contributed by atoms with Crippen molar-refractivity contribution in [3.05, 3.63) is 34.5 Å². The molecule has 0 aliphatic heterocycles. The van der Waals surface area contributed by atoms with Crippen LogP contribution in [0.4, 0.5) is 5.69 Å². The fraction of sp³-hybridized carbons (Fsp3) is 0.526. The molecule has 0 fully saturated rings. The Balaban J connectivity index is 2.29. The molecule has 1 heterocycles. The fourth-order valence-corrected chi connectivity index (χ4v) is 3.45. The number of benzene rings is 1. The summed E-state index contributed by atoms with van der Waals surface area (Å²) in [6, 6.07) is 4.44. The molecule has 2 aromatic rings. The summed E-state index contributed by atoms with van der Waals surface area (Å²) in [6.07, 6.45) is 7.38. The van der Waals surface area contributed by atoms with Crippen molar-refractivity contribution in [2.45, 2.75) is 59.3 Å². The maximum atomic E-state index is 5.06. The Hall–Kier alpha value is -1.57. The van der Waals surface area contributed by atoms with Crippen LogP contribution in [0.3, 0.4) is 0 Å². The van der Waals surface area contributed by atoms with Crippen LogP contribution in [-0.2, 0) is 12.8 Å². The molecule has 0 unspecified atom stereocenters. The van der Waals surface area contributed by atoms with Gasteiger partial charge in [-0.15, -0.1) is 0 Å². The third-order valence-electron chi connectivity index (χ3n) is 4.63. The van der Waals surface area contributed by atoms with Crippen molar-refractivity contribution in [1.29, 1.82) is 0 Å². The van der Waals surface area contributed by atoms with Crippen molar-refractivity contribution >= 4 is 16.6 Å². The standard InChI is InChI=1S/C19H26N2/c1-4-12-20-19-15-8-6-5-7-9-16(15)21-18-14(3)11-10-13(2)17(18)19/h10-11H,4-9,12H2,1-3H3,(H,20,21). The molecule has 0 saturated heterocycles. The summed E-state index contributed by atoms with van der Waals surface area (Å²) < 4.78 is 0. The van der Waals surface area contributed by atoms with Crippen molar-refractivity contribution in [1.82, 2.24) is 4.98 Å². The lowest BCUT2D eigenvalue weighted by Gasteiger charge is -2.19. The number of nitrogens with zero attached hydrogens (tertiary/aromatic N) is 1. The summed E-state index contributed by atoms with van der Waals surface area (Å²) in [5, 5.41) is 5.07. The monoisotopic (exact) mass is 282 g/mol. The maximum Gasteiger partial charge on any atom is 0.0758 e. The van der Waals surface area contributed by atoms with Crippen molar-refractivity contribution in [2.75, 3.05) is 11.9 Å². The van der Waals surface area contributed by atoms with Gasteiger partial charge in [0.2, 0.25) is 0 Å². The second-order valence-corrected chi connectivity index (χ2v) is 6.32. The number of fused-ring (bicyclic) bond motifs is 2. The molecular formula is C19H26N2. The van der Waals surface area contributed by atoms with Gasteiger partial charge in [0, 0.05) is 23.3 Å². The topological polar surface area (TPSA) is 24.9 Å². The van der Waals surface area contributed by atoms with E-state index < -0.39 is 0 Å². The predicted molar refractivity (Wildman–Crippen MR) is 91.3 cm³/mol. The summed E-state index contributed by atoms with van der Waals surface area (Å²) in [6.45, 7) is 7.66. The van der Waals surface area contributed by atoms with Crippen LogP contribution in [-0.4, -0.2) is 11.5 Å². The molecule has 3 rings (SSSR count). The number of anilines is 1. The van der Waals surface area contributed by atoms with Crippen molar-refractivity contribution in [3.8, 4) is 0 Å². The predicted octanol–water partition coefficient (Wildman–Crippen LogP) is 4.94. The number of pyridine rings is 1.